The molecule has 1 fully saturated rings. The third-order valence-corrected chi connectivity index (χ3v) is 5.76. The molecular weight excluding hydrogens is 483 g/mol. The van der Waals surface area contributed by atoms with E-state index < -0.39 is 53.4 Å². The van der Waals surface area contributed by atoms with Gasteiger partial charge in [-0.25, -0.2) is 9.59 Å². The molecule has 0 bridgehead atoms. The molecule has 12 heteroatoms. The Hall–Kier alpha value is -3.57. The van der Waals surface area contributed by atoms with Crippen LogP contribution in [0, 0.1) is 0 Å². The summed E-state index contributed by atoms with van der Waals surface area (Å²) in [7, 11) is 0. The third kappa shape index (κ3) is 6.16. The van der Waals surface area contributed by atoms with Crippen LogP contribution in [0.1, 0.15) is 46.1 Å². The van der Waals surface area contributed by atoms with Crippen LogP contribution in [0.25, 0.3) is 0 Å². The Balaban J connectivity index is 1.63. The van der Waals surface area contributed by atoms with Gasteiger partial charge < -0.3 is 25.0 Å². The van der Waals surface area contributed by atoms with Crippen LogP contribution in [0.3, 0.4) is 0 Å². The summed E-state index contributed by atoms with van der Waals surface area (Å²) in [6.07, 6.45) is -4.76. The lowest BCUT2D eigenvalue weighted by Gasteiger charge is -2.39. The van der Waals surface area contributed by atoms with Crippen LogP contribution in [0.5, 0.6) is 0 Å². The normalized spacial score (nSPS) is 17.6. The molecule has 2 aliphatic heterocycles. The predicted molar refractivity (Wildman–Crippen MR) is 122 cm³/mol. The minimum absolute atomic E-state index is 0.0724. The van der Waals surface area contributed by atoms with Gasteiger partial charge in [-0.15, -0.1) is 0 Å². The van der Waals surface area contributed by atoms with E-state index in [1.165, 1.54) is 17.9 Å². The summed E-state index contributed by atoms with van der Waals surface area (Å²) in [5, 5.41) is 4.71. The summed E-state index contributed by atoms with van der Waals surface area (Å²) in [5.74, 6) is -2.12. The van der Waals surface area contributed by atoms with Crippen molar-refractivity contribution >= 4 is 29.6 Å². The van der Waals surface area contributed by atoms with Gasteiger partial charge >= 0.3 is 18.2 Å². The number of piperidine rings is 1. The quantitative estimate of drug-likeness (QED) is 0.599. The van der Waals surface area contributed by atoms with Gasteiger partial charge in [0, 0.05) is 37.2 Å². The number of hydrogen-bond donors (Lipinski definition) is 2. The number of esters is 1. The van der Waals surface area contributed by atoms with E-state index in [-0.39, 0.29) is 42.8 Å². The number of halogens is 3. The van der Waals surface area contributed by atoms with E-state index in [9.17, 15) is 32.3 Å². The van der Waals surface area contributed by atoms with Gasteiger partial charge in [-0.2, -0.15) is 13.2 Å². The monoisotopic (exact) mass is 511 g/mol. The second kappa shape index (κ2) is 9.82. The lowest BCUT2D eigenvalue weighted by Crippen LogP contribution is -2.51. The zero-order valence-electron chi connectivity index (χ0n) is 20.4. The fourth-order valence-corrected chi connectivity index (χ4v) is 4.08. The van der Waals surface area contributed by atoms with Crippen LogP contribution in [0.15, 0.2) is 35.4 Å². The Labute approximate surface area is 206 Å². The Kier molecular flexibility index (Phi) is 7.37. The third-order valence-electron chi connectivity index (χ3n) is 5.76. The minimum atomic E-state index is -4.57. The highest BCUT2D eigenvalue weighted by Crippen LogP contribution is 2.41. The molecular formula is C24H28F3N3O6. The van der Waals surface area contributed by atoms with Crippen LogP contribution in [-0.4, -0.2) is 59.6 Å². The molecule has 0 unspecified atom stereocenters. The second-order valence-electron chi connectivity index (χ2n) is 9.66. The van der Waals surface area contributed by atoms with Crippen molar-refractivity contribution in [3.8, 4) is 0 Å². The molecule has 0 aromatic heterocycles. The number of anilines is 1. The van der Waals surface area contributed by atoms with E-state index in [0.29, 0.717) is 0 Å². The molecule has 1 aromatic carbocycles. The zero-order valence-corrected chi connectivity index (χ0v) is 20.4. The Bertz CT molecular complexity index is 1100. The highest BCUT2D eigenvalue weighted by atomic mass is 19.4. The maximum atomic E-state index is 13.0. The molecule has 0 aliphatic carbocycles. The summed E-state index contributed by atoms with van der Waals surface area (Å²) in [5.41, 5.74) is -2.76. The molecule has 1 saturated heterocycles. The van der Waals surface area contributed by atoms with Gasteiger partial charge in [0.2, 0.25) is 5.91 Å². The van der Waals surface area contributed by atoms with Gasteiger partial charge in [-0.05, 0) is 45.9 Å². The maximum Gasteiger partial charge on any atom is 0.416 e. The number of benzene rings is 1. The summed E-state index contributed by atoms with van der Waals surface area (Å²) in [6.45, 7) is 6.49. The molecule has 0 radical (unpaired) electrons. The molecule has 0 saturated carbocycles. The minimum Gasteiger partial charge on any atom is -0.450 e. The number of hydrogen-bond acceptors (Lipinski definition) is 6. The first-order chi connectivity index (χ1) is 16.6. The Morgan fingerprint density at radius 1 is 1.14 bits per heavy atom. The summed E-state index contributed by atoms with van der Waals surface area (Å²) in [4.78, 5) is 51.4. The number of nitrogens with one attached hydrogen (secondary N) is 2. The summed E-state index contributed by atoms with van der Waals surface area (Å²) >= 11 is 0. The van der Waals surface area contributed by atoms with E-state index in [1.807, 2.05) is 0 Å². The number of nitrogens with zero attached hydrogens (tertiary/aromatic N) is 1. The molecule has 1 spiro atoms. The molecule has 9 nitrogen and oxygen atoms in total. The molecule has 3 amide bonds. The van der Waals surface area contributed by atoms with Crippen LogP contribution < -0.4 is 10.6 Å². The van der Waals surface area contributed by atoms with Gasteiger partial charge in [-0.1, -0.05) is 6.07 Å². The average Bonchev–Trinajstić information content (AvgIpc) is 3.00. The first kappa shape index (κ1) is 27.0. The smallest absolute Gasteiger partial charge is 0.416 e. The molecule has 1 aromatic rings. The van der Waals surface area contributed by atoms with Gasteiger partial charge in [0.05, 0.1) is 17.7 Å². The highest BCUT2D eigenvalue weighted by molar-refractivity contribution is 6.08. The van der Waals surface area contributed by atoms with Crippen LogP contribution in [0.4, 0.5) is 23.7 Å². The molecule has 36 heavy (non-hydrogen) atoms. The SMILES string of the molecule is CC1=C(C(=O)NCC(=O)Nc2cccc(C(F)(F)F)c2)C2(CCN(C(=O)OC(C)(C)C)CC2)OC1=O. The second-order valence-corrected chi connectivity index (χ2v) is 9.66. The number of alkyl halides is 3. The fourth-order valence-electron chi connectivity index (χ4n) is 4.08. The van der Waals surface area contributed by atoms with E-state index in [1.54, 1.807) is 20.8 Å². The topological polar surface area (TPSA) is 114 Å². The highest BCUT2D eigenvalue weighted by Gasteiger charge is 2.51. The Morgan fingerprint density at radius 2 is 1.78 bits per heavy atom. The number of likely N-dealkylation sites (tertiary alicyclic amines) is 1. The number of rotatable bonds is 4. The van der Waals surface area contributed by atoms with Crippen molar-refractivity contribution in [2.45, 2.75) is 57.9 Å². The van der Waals surface area contributed by atoms with Gasteiger partial charge in [0.25, 0.3) is 5.91 Å². The Morgan fingerprint density at radius 3 is 2.36 bits per heavy atom. The average molecular weight is 511 g/mol. The molecule has 3 rings (SSSR count). The van der Waals surface area contributed by atoms with Crippen molar-refractivity contribution < 1.29 is 41.8 Å². The molecule has 196 valence electrons. The summed E-state index contributed by atoms with van der Waals surface area (Å²) in [6, 6.07) is 4.10. The van der Waals surface area contributed by atoms with E-state index >= 15 is 0 Å². The van der Waals surface area contributed by atoms with Crippen molar-refractivity contribution in [2.75, 3.05) is 25.0 Å². The van der Waals surface area contributed by atoms with Gasteiger partial charge in [0.15, 0.2) is 0 Å². The van der Waals surface area contributed by atoms with Gasteiger partial charge in [0.1, 0.15) is 11.2 Å². The number of amides is 3. The van der Waals surface area contributed by atoms with Crippen LogP contribution in [-0.2, 0) is 30.0 Å². The molecule has 0 atom stereocenters. The van der Waals surface area contributed by atoms with Gasteiger partial charge in [-0.3, -0.25) is 9.59 Å². The number of carbonyl (C=O) groups excluding carboxylic acids is 4. The predicted octanol–water partition coefficient (Wildman–Crippen LogP) is 3.40. The maximum absolute atomic E-state index is 13.0. The number of ether oxygens (including phenoxy) is 2. The lowest BCUT2D eigenvalue weighted by atomic mass is 9.83. The van der Waals surface area contributed by atoms with Crippen molar-refractivity contribution in [3.63, 3.8) is 0 Å². The number of carbonyl (C=O) groups is 4. The lowest BCUT2D eigenvalue weighted by molar-refractivity contribution is -0.150. The molecule has 2 N–H and O–H groups in total. The zero-order chi connectivity index (χ0) is 26.9. The van der Waals surface area contributed by atoms with Crippen molar-refractivity contribution in [1.82, 2.24) is 10.2 Å². The van der Waals surface area contributed by atoms with Crippen LogP contribution >= 0.6 is 0 Å². The van der Waals surface area contributed by atoms with Crippen molar-refractivity contribution in [3.05, 3.63) is 41.0 Å². The van der Waals surface area contributed by atoms with Crippen molar-refractivity contribution in [2.24, 2.45) is 0 Å². The van der Waals surface area contributed by atoms with Crippen LogP contribution in [0.2, 0.25) is 0 Å². The largest absolute Gasteiger partial charge is 0.450 e. The van der Waals surface area contributed by atoms with Crippen molar-refractivity contribution in [1.29, 1.82) is 0 Å². The van der Waals surface area contributed by atoms with E-state index in [4.69, 9.17) is 9.47 Å². The summed E-state index contributed by atoms with van der Waals surface area (Å²) < 4.78 is 49.5. The standard InChI is InChI=1S/C24H28F3N3O6/c1-14-18(19(32)28-13-17(31)29-16-7-5-6-15(12-16)24(25,26)27)23(35-20(14)33)8-10-30(11-9-23)21(34)36-22(2,3)4/h5-7,12H,8-11,13H2,1-4H3,(H,28,32)(H,29,31). The fraction of sp³-hybridized carbons (Fsp3) is 0.500. The van der Waals surface area contributed by atoms with E-state index in [0.717, 1.165) is 18.2 Å². The molecule has 2 heterocycles. The van der Waals surface area contributed by atoms with E-state index in [2.05, 4.69) is 10.6 Å². The molecule has 2 aliphatic rings. The first-order valence-corrected chi connectivity index (χ1v) is 11.3. The first-order valence-electron chi connectivity index (χ1n) is 11.3.